The fraction of sp³-hybridized carbons (Fsp3) is 0.340. The molecule has 1 saturated heterocycles. The second-order valence-electron chi connectivity index (χ2n) is 17.1. The van der Waals surface area contributed by atoms with E-state index >= 15 is 0 Å². The molecule has 0 bridgehead atoms. The summed E-state index contributed by atoms with van der Waals surface area (Å²) in [5, 5.41) is 3.86. The van der Waals surface area contributed by atoms with E-state index in [-0.39, 0.29) is 23.6 Å². The van der Waals surface area contributed by atoms with E-state index in [1.807, 2.05) is 66.5 Å². The van der Waals surface area contributed by atoms with E-state index in [0.717, 1.165) is 74.4 Å². The molecule has 8 rings (SSSR count). The van der Waals surface area contributed by atoms with E-state index in [2.05, 4.69) is 107 Å². The summed E-state index contributed by atoms with van der Waals surface area (Å²) in [5.74, 6) is 0.824. The lowest BCUT2D eigenvalue weighted by Crippen LogP contribution is -2.68. The smallest absolute Gasteiger partial charge is 0.338 e. The third-order valence-corrected chi connectivity index (χ3v) is 11.8. The molecule has 4 aromatic rings. The number of rotatable bonds is 7. The van der Waals surface area contributed by atoms with Gasteiger partial charge in [0.1, 0.15) is 30.1 Å². The standard InChI is InChI=1S/C47H50N4O4.ClHO4/c1-10-49-38-23-40-36(21-34(38)29(3)25-45(49,5)6)42(37-22-35-30(4)26-46(7,8)50(11-2)39(35)24-41(37)55-40)32-19-15-16-20-33(32)43(52)54-28-47(9)27-51(48-44(47)53)31-17-13-12-14-18-31;2-1(3,4)5/h12-26H,10-11,27-28H2,1-9H3;(H,2,3,4,5). The molecule has 60 heavy (non-hydrogen) atoms. The number of amides is 1. The first-order valence-electron chi connectivity index (χ1n) is 20.0. The number of hydrogen-bond acceptors (Lipinski definition) is 10. The van der Waals surface area contributed by atoms with E-state index in [9.17, 15) is 9.59 Å². The second kappa shape index (κ2) is 15.5. The summed E-state index contributed by atoms with van der Waals surface area (Å²) in [5.41, 5.74) is 11.4. The minimum absolute atomic E-state index is 0.0682. The molecule has 0 aliphatic carbocycles. The van der Waals surface area contributed by atoms with Gasteiger partial charge in [0.15, 0.2) is 5.54 Å². The van der Waals surface area contributed by atoms with Crippen LogP contribution in [0.3, 0.4) is 0 Å². The van der Waals surface area contributed by atoms with Gasteiger partial charge in [-0.3, -0.25) is 15.2 Å². The van der Waals surface area contributed by atoms with Crippen molar-refractivity contribution >= 4 is 40.0 Å². The summed E-state index contributed by atoms with van der Waals surface area (Å²) in [6, 6.07) is 26.2. The zero-order valence-electron chi connectivity index (χ0n) is 35.5. The average Bonchev–Trinajstić information content (AvgIpc) is 3.47. The minimum Gasteiger partial charge on any atom is -0.461 e. The number of ether oxygens (including phenoxy) is 2. The van der Waals surface area contributed by atoms with Crippen molar-refractivity contribution in [3.63, 3.8) is 0 Å². The number of allylic oxidation sites excluding steroid dienone is 2. The molecule has 1 unspecified atom stereocenters. The van der Waals surface area contributed by atoms with Gasteiger partial charge in [0.25, 0.3) is 0 Å². The van der Waals surface area contributed by atoms with Crippen LogP contribution in [0, 0.1) is 15.7 Å². The maximum atomic E-state index is 14.3. The summed E-state index contributed by atoms with van der Waals surface area (Å²) < 4.78 is 49.4. The van der Waals surface area contributed by atoms with Gasteiger partial charge in [-0.1, -0.05) is 42.5 Å². The summed E-state index contributed by atoms with van der Waals surface area (Å²) >= 11 is 0. The van der Waals surface area contributed by atoms with E-state index in [1.165, 1.54) is 11.1 Å². The number of hydrazine groups is 1. The zero-order valence-corrected chi connectivity index (χ0v) is 36.2. The molecule has 1 amide bonds. The van der Waals surface area contributed by atoms with Crippen molar-refractivity contribution in [1.82, 2.24) is 10.0 Å². The highest BCUT2D eigenvalue weighted by Gasteiger charge is 2.44. The van der Waals surface area contributed by atoms with Crippen molar-refractivity contribution in [3.05, 3.63) is 129 Å². The predicted octanol–water partition coefficient (Wildman–Crippen LogP) is 2.73. The molecular formula is C47H51ClN4O8. The van der Waals surface area contributed by atoms with Gasteiger partial charge >= 0.3 is 5.97 Å². The Labute approximate surface area is 352 Å². The molecule has 4 aliphatic heterocycles. The number of esters is 1. The highest BCUT2D eigenvalue weighted by Crippen LogP contribution is 2.47. The van der Waals surface area contributed by atoms with Crippen LogP contribution in [0.25, 0.3) is 16.7 Å². The Hall–Kier alpha value is -5.50. The van der Waals surface area contributed by atoms with Gasteiger partial charge in [0.05, 0.1) is 29.4 Å². The molecule has 12 nitrogen and oxygen atoms in total. The molecular weight excluding hydrogens is 784 g/mol. The molecule has 1 fully saturated rings. The summed E-state index contributed by atoms with van der Waals surface area (Å²) in [6.07, 6.45) is 4.66. The molecule has 0 aromatic heterocycles. The lowest BCUT2D eigenvalue weighted by atomic mass is 9.83. The minimum atomic E-state index is -4.94. The molecule has 0 radical (unpaired) electrons. The van der Waals surface area contributed by atoms with Crippen molar-refractivity contribution < 1.29 is 47.9 Å². The Kier molecular flexibility index (Phi) is 11.0. The topological polar surface area (TPSA) is 166 Å². The van der Waals surface area contributed by atoms with Crippen molar-refractivity contribution in [2.75, 3.05) is 36.1 Å². The summed E-state index contributed by atoms with van der Waals surface area (Å²) in [7, 11) is -4.94. The third-order valence-electron chi connectivity index (χ3n) is 11.8. The fourth-order valence-electron chi connectivity index (χ4n) is 9.25. The highest BCUT2D eigenvalue weighted by molar-refractivity contribution is 6.00. The van der Waals surface area contributed by atoms with Gasteiger partial charge in [0.2, 0.25) is 11.3 Å². The molecule has 1 N–H and O–H groups in total. The first kappa shape index (κ1) is 42.6. The maximum absolute atomic E-state index is 14.3. The molecule has 314 valence electrons. The van der Waals surface area contributed by atoms with E-state index < -0.39 is 21.6 Å². The fourth-order valence-corrected chi connectivity index (χ4v) is 9.25. The van der Waals surface area contributed by atoms with Crippen LogP contribution in [0.15, 0.2) is 91.0 Å². The number of halogens is 1. The van der Waals surface area contributed by atoms with Crippen LogP contribution in [-0.2, 0) is 9.53 Å². The predicted molar refractivity (Wildman–Crippen MR) is 221 cm³/mol. The number of para-hydroxylation sites is 1. The van der Waals surface area contributed by atoms with Crippen LogP contribution in [-0.4, -0.2) is 49.2 Å². The Morgan fingerprint density at radius 3 is 2.15 bits per heavy atom. The molecule has 4 aliphatic rings. The van der Waals surface area contributed by atoms with Gasteiger partial charge in [-0.25, -0.2) is 28.0 Å². The number of hydrogen-bond donors (Lipinski definition) is 1. The molecule has 13 heteroatoms. The third kappa shape index (κ3) is 7.93. The first-order valence-corrected chi connectivity index (χ1v) is 21.3. The van der Waals surface area contributed by atoms with Gasteiger partial charge in [-0.05, 0) is 102 Å². The molecule has 1 atom stereocenters. The number of carbonyl (C=O) groups excluding carboxylic acids is 2. The van der Waals surface area contributed by atoms with Crippen molar-refractivity contribution in [1.29, 1.82) is 0 Å². The van der Waals surface area contributed by atoms with E-state index in [4.69, 9.17) is 28.1 Å². The normalized spacial score (nSPS) is 19.6. The van der Waals surface area contributed by atoms with Crippen molar-refractivity contribution in [3.8, 4) is 11.5 Å². The monoisotopic (exact) mass is 834 g/mol. The van der Waals surface area contributed by atoms with Crippen molar-refractivity contribution in [2.45, 2.75) is 73.4 Å². The number of likely N-dealkylation sites (N-methyl/N-ethyl adjacent to an activating group) is 2. The number of benzene rings is 4. The quantitative estimate of drug-likeness (QED) is 0.190. The Morgan fingerprint density at radius 1 is 0.833 bits per heavy atom. The Morgan fingerprint density at radius 2 is 1.48 bits per heavy atom. The number of fused-ring (bicyclic) bond motifs is 4. The van der Waals surface area contributed by atoms with Crippen LogP contribution in [0.4, 0.5) is 11.4 Å². The molecule has 0 saturated carbocycles. The lowest BCUT2D eigenvalue weighted by molar-refractivity contribution is -2.00. The van der Waals surface area contributed by atoms with E-state index in [1.54, 1.807) is 0 Å². The largest absolute Gasteiger partial charge is 0.461 e. The number of anilines is 2. The van der Waals surface area contributed by atoms with Gasteiger partial charge < -0.3 is 14.4 Å². The molecule has 0 spiro atoms. The Balaban J connectivity index is 0.00000103. The zero-order chi connectivity index (χ0) is 43.5. The van der Waals surface area contributed by atoms with Crippen LogP contribution in [0.2, 0.25) is 0 Å². The average molecular weight is 835 g/mol. The lowest BCUT2D eigenvalue weighted by Gasteiger charge is -2.43. The van der Waals surface area contributed by atoms with Crippen LogP contribution in [0.1, 0.15) is 94.9 Å². The first-order chi connectivity index (χ1) is 28.2. The highest BCUT2D eigenvalue weighted by atomic mass is 35.7. The van der Waals surface area contributed by atoms with Gasteiger partial charge in [0, 0.05) is 59.6 Å². The number of nitrogens with zero attached hydrogens (tertiary/aromatic N) is 3. The van der Waals surface area contributed by atoms with Gasteiger partial charge in [-0.2, -0.15) is 0 Å². The van der Waals surface area contributed by atoms with Crippen LogP contribution < -0.4 is 53.9 Å². The van der Waals surface area contributed by atoms with Gasteiger partial charge in [-0.15, -0.1) is 10.2 Å². The molecule has 4 heterocycles. The second-order valence-corrected chi connectivity index (χ2v) is 17.8. The van der Waals surface area contributed by atoms with E-state index in [0.29, 0.717) is 12.1 Å². The van der Waals surface area contributed by atoms with Crippen LogP contribution in [0.5, 0.6) is 11.5 Å². The molecule has 4 aromatic carbocycles. The SMILES string of the molecule is CCN1c2cc3c(cc2C(C)=CC1(C)C)C(c1ccccc1C(=O)OCC1(C)CN(c2ccccc2)NC1=O)=c1cc2c(cc1O3)=[N+](CC)C(C)(C)C=C2C.[O-][Cl+3]([O-])([O-])[O-]. The maximum Gasteiger partial charge on any atom is 0.338 e. The van der Waals surface area contributed by atoms with Crippen molar-refractivity contribution in [2.24, 2.45) is 5.41 Å². The number of carbonyl (C=O) groups is 2. The summed E-state index contributed by atoms with van der Waals surface area (Å²) in [6.45, 7) is 21.5. The Bertz CT molecular complexity index is 2590. The summed E-state index contributed by atoms with van der Waals surface area (Å²) in [4.78, 5) is 30.0. The van der Waals surface area contributed by atoms with Crippen LogP contribution >= 0.6 is 0 Å². The number of nitrogens with one attached hydrogen (secondary N) is 1.